The van der Waals surface area contributed by atoms with Crippen LogP contribution in [0.1, 0.15) is 29.2 Å². The second-order valence-electron chi connectivity index (χ2n) is 4.56. The lowest BCUT2D eigenvalue weighted by molar-refractivity contribution is -0.119. The Kier molecular flexibility index (Phi) is 1.84. The van der Waals surface area contributed by atoms with E-state index in [1.54, 1.807) is 0 Å². The maximum absolute atomic E-state index is 11.3. The van der Waals surface area contributed by atoms with Crippen molar-refractivity contribution in [3.63, 3.8) is 0 Å². The SMILES string of the molecule is Cc1ccc2[nH]c3c(c2c1)CCC3C(N)=O. The number of hydrogen-bond acceptors (Lipinski definition) is 1. The average Bonchev–Trinajstić information content (AvgIpc) is 2.76. The van der Waals surface area contributed by atoms with E-state index in [0.717, 1.165) is 24.1 Å². The molecule has 1 heterocycles. The third kappa shape index (κ3) is 1.18. The van der Waals surface area contributed by atoms with Gasteiger partial charge in [0, 0.05) is 16.6 Å². The third-order valence-corrected chi connectivity index (χ3v) is 3.47. The lowest BCUT2D eigenvalue weighted by Gasteiger charge is -2.03. The first kappa shape index (κ1) is 9.46. The number of benzene rings is 1. The van der Waals surface area contributed by atoms with E-state index in [0.29, 0.717) is 0 Å². The number of aromatic amines is 1. The summed E-state index contributed by atoms with van der Waals surface area (Å²) in [7, 11) is 0. The van der Waals surface area contributed by atoms with Gasteiger partial charge >= 0.3 is 0 Å². The van der Waals surface area contributed by atoms with Crippen molar-refractivity contribution in [2.24, 2.45) is 5.73 Å². The molecule has 16 heavy (non-hydrogen) atoms. The molecule has 3 rings (SSSR count). The van der Waals surface area contributed by atoms with Crippen LogP contribution >= 0.6 is 0 Å². The maximum Gasteiger partial charge on any atom is 0.226 e. The Hall–Kier alpha value is -1.77. The summed E-state index contributed by atoms with van der Waals surface area (Å²) >= 11 is 0. The number of H-pyrrole nitrogens is 1. The first-order chi connectivity index (χ1) is 7.66. The highest BCUT2D eigenvalue weighted by Crippen LogP contribution is 2.37. The number of aryl methyl sites for hydroxylation is 2. The monoisotopic (exact) mass is 214 g/mol. The number of hydrogen-bond donors (Lipinski definition) is 2. The molecule has 1 aliphatic carbocycles. The van der Waals surface area contributed by atoms with Gasteiger partial charge in [0.2, 0.25) is 5.91 Å². The first-order valence-corrected chi connectivity index (χ1v) is 5.57. The molecule has 1 unspecified atom stereocenters. The predicted octanol–water partition coefficient (Wildman–Crippen LogP) is 1.99. The van der Waals surface area contributed by atoms with Crippen LogP contribution in [0.5, 0.6) is 0 Å². The highest BCUT2D eigenvalue weighted by Gasteiger charge is 2.30. The van der Waals surface area contributed by atoms with E-state index in [1.165, 1.54) is 16.5 Å². The predicted molar refractivity (Wildman–Crippen MR) is 63.3 cm³/mol. The zero-order chi connectivity index (χ0) is 11.3. The Morgan fingerprint density at radius 3 is 3.06 bits per heavy atom. The third-order valence-electron chi connectivity index (χ3n) is 3.47. The van der Waals surface area contributed by atoms with Gasteiger partial charge in [0.1, 0.15) is 0 Å². The van der Waals surface area contributed by atoms with Gasteiger partial charge in [-0.25, -0.2) is 0 Å². The number of rotatable bonds is 1. The maximum atomic E-state index is 11.3. The molecule has 1 amide bonds. The summed E-state index contributed by atoms with van der Waals surface area (Å²) in [5.74, 6) is -0.343. The fraction of sp³-hybridized carbons (Fsp3) is 0.308. The van der Waals surface area contributed by atoms with E-state index < -0.39 is 0 Å². The number of amides is 1. The van der Waals surface area contributed by atoms with Gasteiger partial charge in [-0.2, -0.15) is 0 Å². The second kappa shape index (κ2) is 3.11. The van der Waals surface area contributed by atoms with Crippen LogP contribution in [0.3, 0.4) is 0 Å². The summed E-state index contributed by atoms with van der Waals surface area (Å²) < 4.78 is 0. The molecule has 2 aromatic rings. The summed E-state index contributed by atoms with van der Waals surface area (Å²) in [6, 6.07) is 6.32. The Balaban J connectivity index is 2.25. The van der Waals surface area contributed by atoms with Gasteiger partial charge in [0.25, 0.3) is 0 Å². The lowest BCUT2D eigenvalue weighted by atomic mass is 10.1. The fourth-order valence-corrected chi connectivity index (χ4v) is 2.67. The van der Waals surface area contributed by atoms with Crippen LogP contribution in [-0.4, -0.2) is 10.9 Å². The number of primary amides is 1. The van der Waals surface area contributed by atoms with Gasteiger partial charge in [-0.1, -0.05) is 11.6 Å². The molecule has 1 aliphatic rings. The summed E-state index contributed by atoms with van der Waals surface area (Å²) in [6.45, 7) is 2.08. The molecule has 0 radical (unpaired) electrons. The average molecular weight is 214 g/mol. The molecule has 1 aromatic heterocycles. The Labute approximate surface area is 93.6 Å². The quantitative estimate of drug-likeness (QED) is 0.749. The van der Waals surface area contributed by atoms with Crippen LogP contribution in [0.15, 0.2) is 18.2 Å². The van der Waals surface area contributed by atoms with Crippen molar-refractivity contribution in [3.05, 3.63) is 35.0 Å². The molecule has 0 saturated heterocycles. The Morgan fingerprint density at radius 2 is 2.31 bits per heavy atom. The topological polar surface area (TPSA) is 58.9 Å². The van der Waals surface area contributed by atoms with E-state index in [9.17, 15) is 4.79 Å². The van der Waals surface area contributed by atoms with E-state index in [4.69, 9.17) is 5.73 Å². The summed E-state index contributed by atoms with van der Waals surface area (Å²) in [5.41, 5.74) is 10.1. The number of aromatic nitrogens is 1. The van der Waals surface area contributed by atoms with Crippen LogP contribution in [0.2, 0.25) is 0 Å². The van der Waals surface area contributed by atoms with Gasteiger partial charge in [-0.15, -0.1) is 0 Å². The van der Waals surface area contributed by atoms with Crippen LogP contribution < -0.4 is 5.73 Å². The first-order valence-electron chi connectivity index (χ1n) is 5.57. The smallest absolute Gasteiger partial charge is 0.226 e. The standard InChI is InChI=1S/C13H14N2O/c1-7-2-5-11-10(6-7)8-3-4-9(13(14)16)12(8)15-11/h2,5-6,9,15H,3-4H2,1H3,(H2,14,16). The Bertz CT molecular complexity index is 583. The van der Waals surface area contributed by atoms with Crippen molar-refractivity contribution >= 4 is 16.8 Å². The zero-order valence-electron chi connectivity index (χ0n) is 9.21. The van der Waals surface area contributed by atoms with E-state index in [2.05, 4.69) is 30.1 Å². The van der Waals surface area contributed by atoms with E-state index in [-0.39, 0.29) is 11.8 Å². The van der Waals surface area contributed by atoms with Gasteiger partial charge in [0.05, 0.1) is 5.92 Å². The number of nitrogens with one attached hydrogen (secondary N) is 1. The summed E-state index contributed by atoms with van der Waals surface area (Å²) in [5, 5.41) is 1.25. The molecule has 82 valence electrons. The molecular formula is C13H14N2O. The molecule has 0 spiro atoms. The number of carbonyl (C=O) groups is 1. The molecule has 1 atom stereocenters. The molecule has 0 aliphatic heterocycles. The molecule has 0 saturated carbocycles. The summed E-state index contributed by atoms with van der Waals surface area (Å²) in [6.07, 6.45) is 1.80. The van der Waals surface area contributed by atoms with Crippen molar-refractivity contribution in [2.75, 3.05) is 0 Å². The van der Waals surface area contributed by atoms with Crippen LogP contribution in [0, 0.1) is 6.92 Å². The molecule has 3 N–H and O–H groups in total. The molecule has 0 bridgehead atoms. The molecule has 3 nitrogen and oxygen atoms in total. The van der Waals surface area contributed by atoms with Crippen molar-refractivity contribution in [1.29, 1.82) is 0 Å². The molecule has 3 heteroatoms. The highest BCUT2D eigenvalue weighted by atomic mass is 16.1. The second-order valence-corrected chi connectivity index (χ2v) is 4.56. The van der Waals surface area contributed by atoms with Crippen molar-refractivity contribution < 1.29 is 4.79 Å². The fourth-order valence-electron chi connectivity index (χ4n) is 2.67. The summed E-state index contributed by atoms with van der Waals surface area (Å²) in [4.78, 5) is 14.6. The van der Waals surface area contributed by atoms with Gasteiger partial charge in [0.15, 0.2) is 0 Å². The highest BCUT2D eigenvalue weighted by molar-refractivity contribution is 5.91. The van der Waals surface area contributed by atoms with E-state index in [1.807, 2.05) is 0 Å². The largest absolute Gasteiger partial charge is 0.369 e. The van der Waals surface area contributed by atoms with Crippen molar-refractivity contribution in [1.82, 2.24) is 4.98 Å². The van der Waals surface area contributed by atoms with Crippen LogP contribution in [-0.2, 0) is 11.2 Å². The molecule has 0 fully saturated rings. The van der Waals surface area contributed by atoms with Gasteiger partial charge < -0.3 is 10.7 Å². The van der Waals surface area contributed by atoms with Crippen LogP contribution in [0.25, 0.3) is 10.9 Å². The van der Waals surface area contributed by atoms with Crippen LogP contribution in [0.4, 0.5) is 0 Å². The normalized spacial score (nSPS) is 18.9. The minimum atomic E-state index is -0.220. The number of carbonyl (C=O) groups excluding carboxylic acids is 1. The molecule has 1 aromatic carbocycles. The molecular weight excluding hydrogens is 200 g/mol. The van der Waals surface area contributed by atoms with Crippen molar-refractivity contribution in [2.45, 2.75) is 25.7 Å². The van der Waals surface area contributed by atoms with Crippen molar-refractivity contribution in [3.8, 4) is 0 Å². The minimum Gasteiger partial charge on any atom is -0.369 e. The van der Waals surface area contributed by atoms with E-state index >= 15 is 0 Å². The van der Waals surface area contributed by atoms with Gasteiger partial charge in [-0.05, 0) is 37.5 Å². The number of nitrogens with two attached hydrogens (primary N) is 1. The zero-order valence-corrected chi connectivity index (χ0v) is 9.21. The minimum absolute atomic E-state index is 0.122. The number of fused-ring (bicyclic) bond motifs is 3. The lowest BCUT2D eigenvalue weighted by Crippen LogP contribution is -2.19. The van der Waals surface area contributed by atoms with Gasteiger partial charge in [-0.3, -0.25) is 4.79 Å². The Morgan fingerprint density at radius 1 is 1.50 bits per heavy atom.